The Balaban J connectivity index is 2.36. The number of esters is 3. The maximum Gasteiger partial charge on any atom is 0.407 e. The van der Waals surface area contributed by atoms with Gasteiger partial charge in [0.2, 0.25) is 3.79 Å². The second kappa shape index (κ2) is 13.7. The molecule has 2 fully saturated rings. The number of carbonyl (C=O) groups is 4. The summed E-state index contributed by atoms with van der Waals surface area (Å²) in [6, 6.07) is -1.18. The van der Waals surface area contributed by atoms with Gasteiger partial charge in [0, 0.05) is 20.8 Å². The van der Waals surface area contributed by atoms with E-state index >= 15 is 0 Å². The van der Waals surface area contributed by atoms with Crippen molar-refractivity contribution < 1.29 is 47.6 Å². The number of rotatable bonds is 8. The molecule has 35 heavy (non-hydrogen) atoms. The van der Waals surface area contributed by atoms with Gasteiger partial charge >= 0.3 is 24.0 Å². The Bertz CT molecular complexity index is 756. The van der Waals surface area contributed by atoms with Crippen molar-refractivity contribution in [3.63, 3.8) is 0 Å². The van der Waals surface area contributed by atoms with Crippen LogP contribution in [0.4, 0.5) is 4.79 Å². The third kappa shape index (κ3) is 10.5. The molecule has 11 nitrogen and oxygen atoms in total. The molecule has 0 aromatic carbocycles. The average Bonchev–Trinajstić information content (AvgIpc) is 2.74. The van der Waals surface area contributed by atoms with Crippen LogP contribution < -0.4 is 5.32 Å². The molecular weight excluding hydrogens is 533 g/mol. The van der Waals surface area contributed by atoms with Gasteiger partial charge in [-0.1, -0.05) is 54.1 Å². The Morgan fingerprint density at radius 2 is 1.49 bits per heavy atom. The minimum atomic E-state index is -1.86. The number of alkyl carbamates (subject to hydrolysis) is 1. The van der Waals surface area contributed by atoms with Crippen LogP contribution in [0.3, 0.4) is 0 Å². The van der Waals surface area contributed by atoms with Crippen LogP contribution in [0.15, 0.2) is 0 Å². The molecule has 0 unspecified atom stereocenters. The molecule has 200 valence electrons. The lowest BCUT2D eigenvalue weighted by molar-refractivity contribution is -0.289. The van der Waals surface area contributed by atoms with Crippen LogP contribution in [-0.2, 0) is 42.8 Å². The molecule has 0 spiro atoms. The van der Waals surface area contributed by atoms with Crippen LogP contribution in [0.1, 0.15) is 52.9 Å². The van der Waals surface area contributed by atoms with E-state index < -0.39 is 65.0 Å². The second-order valence-corrected chi connectivity index (χ2v) is 10.8. The number of hydrogen-bond donors (Lipinski definition) is 1. The van der Waals surface area contributed by atoms with E-state index in [0.29, 0.717) is 0 Å². The summed E-state index contributed by atoms with van der Waals surface area (Å²) in [6.45, 7) is 2.62. The van der Waals surface area contributed by atoms with Crippen LogP contribution >= 0.6 is 34.8 Å². The standard InChI is InChI=1S/C21H30Cl3NO10/c1-11(26)30-9-15-17(32-12(2)27)18(33-13(3)28)16(25-20(29)31-10-21(22,23)24)19(35-15)34-14-7-5-4-6-8-14/h14-19H,4-10H2,1-3H3,(H,25,29)/t15-,16-,17+,18-,19-/m1/s1. The lowest BCUT2D eigenvalue weighted by Crippen LogP contribution is -2.67. The second-order valence-electron chi connectivity index (χ2n) is 8.25. The molecule has 1 aliphatic carbocycles. The first-order valence-electron chi connectivity index (χ1n) is 11.1. The molecule has 2 aliphatic rings. The van der Waals surface area contributed by atoms with Crippen molar-refractivity contribution in [1.29, 1.82) is 0 Å². The number of alkyl halides is 3. The Morgan fingerprint density at radius 3 is 2.03 bits per heavy atom. The highest BCUT2D eigenvalue weighted by molar-refractivity contribution is 6.67. The summed E-state index contributed by atoms with van der Waals surface area (Å²) in [6.07, 6.45) is -1.51. The molecule has 14 heteroatoms. The van der Waals surface area contributed by atoms with E-state index in [4.69, 9.17) is 63.2 Å². The zero-order valence-electron chi connectivity index (χ0n) is 19.6. The first-order valence-corrected chi connectivity index (χ1v) is 12.3. The van der Waals surface area contributed by atoms with E-state index in [9.17, 15) is 19.2 Å². The fourth-order valence-corrected chi connectivity index (χ4v) is 4.05. The highest BCUT2D eigenvalue weighted by Crippen LogP contribution is 2.31. The topological polar surface area (TPSA) is 136 Å². The van der Waals surface area contributed by atoms with Crippen molar-refractivity contribution in [3.05, 3.63) is 0 Å². The third-order valence-corrected chi connectivity index (χ3v) is 5.56. The maximum absolute atomic E-state index is 12.5. The van der Waals surface area contributed by atoms with E-state index in [1.165, 1.54) is 6.92 Å². The first kappa shape index (κ1) is 29.7. The van der Waals surface area contributed by atoms with Crippen LogP contribution in [0.5, 0.6) is 0 Å². The van der Waals surface area contributed by atoms with Crippen molar-refractivity contribution in [1.82, 2.24) is 5.32 Å². The van der Waals surface area contributed by atoms with Gasteiger partial charge < -0.3 is 33.7 Å². The Morgan fingerprint density at radius 1 is 0.886 bits per heavy atom. The van der Waals surface area contributed by atoms with Gasteiger partial charge in [-0.3, -0.25) is 14.4 Å². The van der Waals surface area contributed by atoms with Gasteiger partial charge in [-0.05, 0) is 12.8 Å². The molecule has 1 aliphatic heterocycles. The quantitative estimate of drug-likeness (QED) is 0.267. The normalized spacial score (nSPS) is 27.4. The van der Waals surface area contributed by atoms with Gasteiger partial charge in [-0.25, -0.2) is 4.79 Å². The minimum absolute atomic E-state index is 0.201. The molecule has 0 bridgehead atoms. The Hall–Kier alpha value is -1.53. The van der Waals surface area contributed by atoms with E-state index in [-0.39, 0.29) is 12.7 Å². The van der Waals surface area contributed by atoms with Crippen molar-refractivity contribution in [2.45, 2.75) is 93.4 Å². The molecule has 0 aromatic heterocycles. The smallest absolute Gasteiger partial charge is 0.407 e. The minimum Gasteiger partial charge on any atom is -0.463 e. The third-order valence-electron chi connectivity index (χ3n) is 5.23. The first-order chi connectivity index (χ1) is 16.4. The number of nitrogens with one attached hydrogen (secondary N) is 1. The fraction of sp³-hybridized carbons (Fsp3) is 0.810. The molecular formula is C21H30Cl3NO10. The summed E-state index contributed by atoms with van der Waals surface area (Å²) in [4.78, 5) is 47.8. The molecule has 0 radical (unpaired) electrons. The summed E-state index contributed by atoms with van der Waals surface area (Å²) >= 11 is 16.9. The number of hydrogen-bond acceptors (Lipinski definition) is 10. The summed E-state index contributed by atoms with van der Waals surface area (Å²) in [5.41, 5.74) is 0. The number of carbonyl (C=O) groups excluding carboxylic acids is 4. The van der Waals surface area contributed by atoms with Crippen LogP contribution in [0.2, 0.25) is 0 Å². The Labute approximate surface area is 218 Å². The molecule has 1 saturated carbocycles. The van der Waals surface area contributed by atoms with Crippen molar-refractivity contribution >= 4 is 58.8 Å². The molecule has 1 saturated heterocycles. The summed E-state index contributed by atoms with van der Waals surface area (Å²) < 4.78 is 31.1. The molecule has 1 amide bonds. The van der Waals surface area contributed by atoms with Crippen LogP contribution in [0, 0.1) is 0 Å². The monoisotopic (exact) mass is 561 g/mol. The number of amides is 1. The largest absolute Gasteiger partial charge is 0.463 e. The van der Waals surface area contributed by atoms with Gasteiger partial charge in [0.05, 0.1) is 6.10 Å². The van der Waals surface area contributed by atoms with Crippen LogP contribution in [-0.4, -0.2) is 77.8 Å². The fourth-order valence-electron chi connectivity index (χ4n) is 3.89. The van der Waals surface area contributed by atoms with Crippen molar-refractivity contribution in [3.8, 4) is 0 Å². The molecule has 2 rings (SSSR count). The van der Waals surface area contributed by atoms with Crippen molar-refractivity contribution in [2.24, 2.45) is 0 Å². The zero-order chi connectivity index (χ0) is 26.2. The Kier molecular flexibility index (Phi) is 11.6. The summed E-state index contributed by atoms with van der Waals surface area (Å²) in [5, 5.41) is 2.51. The molecule has 1 N–H and O–H groups in total. The summed E-state index contributed by atoms with van der Waals surface area (Å²) in [5.74, 6) is -2.04. The van der Waals surface area contributed by atoms with Gasteiger partial charge in [-0.2, -0.15) is 0 Å². The van der Waals surface area contributed by atoms with E-state index in [1.807, 2.05) is 0 Å². The SMILES string of the molecule is CC(=O)OC[C@H]1O[C@@H](OC2CCCCC2)[C@H](NC(=O)OCC(Cl)(Cl)Cl)[C@@H](OC(C)=O)[C@H]1OC(C)=O. The highest BCUT2D eigenvalue weighted by atomic mass is 35.6. The van der Waals surface area contributed by atoms with Crippen molar-refractivity contribution in [2.75, 3.05) is 13.2 Å². The zero-order valence-corrected chi connectivity index (χ0v) is 21.9. The van der Waals surface area contributed by atoms with Crippen LogP contribution in [0.25, 0.3) is 0 Å². The average molecular weight is 563 g/mol. The number of ether oxygens (including phenoxy) is 6. The lowest BCUT2D eigenvalue weighted by atomic mass is 9.95. The van der Waals surface area contributed by atoms with Gasteiger partial charge in [0.15, 0.2) is 18.5 Å². The molecule has 1 heterocycles. The molecule has 5 atom stereocenters. The lowest BCUT2D eigenvalue weighted by Gasteiger charge is -2.45. The van der Waals surface area contributed by atoms with E-state index in [0.717, 1.165) is 46.0 Å². The molecule has 0 aromatic rings. The predicted molar refractivity (Wildman–Crippen MR) is 123 cm³/mol. The van der Waals surface area contributed by atoms with E-state index in [1.54, 1.807) is 0 Å². The summed E-state index contributed by atoms with van der Waals surface area (Å²) in [7, 11) is 0. The highest BCUT2D eigenvalue weighted by Gasteiger charge is 2.52. The maximum atomic E-state index is 12.5. The van der Waals surface area contributed by atoms with Gasteiger partial charge in [0.1, 0.15) is 25.4 Å². The van der Waals surface area contributed by atoms with E-state index in [2.05, 4.69) is 5.32 Å². The van der Waals surface area contributed by atoms with Gasteiger partial charge in [0.25, 0.3) is 0 Å². The van der Waals surface area contributed by atoms with Gasteiger partial charge in [-0.15, -0.1) is 0 Å². The predicted octanol–water partition coefficient (Wildman–Crippen LogP) is 2.95. The number of halogens is 3.